The SMILES string of the molecule is CCCc1nn(C)c(Oc2cncc(Br)c2)c1N. The molecule has 0 saturated carbocycles. The van der Waals surface area contributed by atoms with Crippen LogP contribution in [0.15, 0.2) is 22.9 Å². The zero-order chi connectivity index (χ0) is 13.1. The normalized spacial score (nSPS) is 10.6. The maximum absolute atomic E-state index is 6.04. The molecule has 96 valence electrons. The fourth-order valence-corrected chi connectivity index (χ4v) is 2.02. The van der Waals surface area contributed by atoms with Crippen molar-refractivity contribution in [2.45, 2.75) is 19.8 Å². The third kappa shape index (κ3) is 2.64. The summed E-state index contributed by atoms with van der Waals surface area (Å²) in [5.74, 6) is 1.18. The number of pyridine rings is 1. The monoisotopic (exact) mass is 310 g/mol. The van der Waals surface area contributed by atoms with E-state index in [1.807, 2.05) is 13.1 Å². The number of hydrogen-bond acceptors (Lipinski definition) is 4. The summed E-state index contributed by atoms with van der Waals surface area (Å²) < 4.78 is 8.24. The predicted octanol–water partition coefficient (Wildman–Crippen LogP) is 2.90. The van der Waals surface area contributed by atoms with Gasteiger partial charge in [-0.1, -0.05) is 13.3 Å². The molecule has 0 bridgehead atoms. The van der Waals surface area contributed by atoms with Gasteiger partial charge in [-0.05, 0) is 28.4 Å². The summed E-state index contributed by atoms with van der Waals surface area (Å²) in [6, 6.07) is 1.83. The highest BCUT2D eigenvalue weighted by Gasteiger charge is 2.14. The summed E-state index contributed by atoms with van der Waals surface area (Å²) >= 11 is 3.35. The van der Waals surface area contributed by atoms with E-state index in [0.29, 0.717) is 17.3 Å². The van der Waals surface area contributed by atoms with E-state index in [9.17, 15) is 0 Å². The molecule has 2 aromatic heterocycles. The maximum Gasteiger partial charge on any atom is 0.241 e. The molecule has 5 nitrogen and oxygen atoms in total. The molecule has 2 aromatic rings. The van der Waals surface area contributed by atoms with Crippen LogP contribution in [0, 0.1) is 0 Å². The highest BCUT2D eigenvalue weighted by Crippen LogP contribution is 2.30. The number of nitrogen functional groups attached to an aromatic ring is 1. The van der Waals surface area contributed by atoms with Crippen LogP contribution in [-0.2, 0) is 13.5 Å². The second-order valence-corrected chi connectivity index (χ2v) is 4.90. The lowest BCUT2D eigenvalue weighted by Crippen LogP contribution is -1.97. The van der Waals surface area contributed by atoms with Crippen LogP contribution in [0.3, 0.4) is 0 Å². The number of ether oxygens (including phenoxy) is 1. The van der Waals surface area contributed by atoms with Gasteiger partial charge in [0.25, 0.3) is 0 Å². The average Bonchev–Trinajstić information content (AvgIpc) is 2.58. The van der Waals surface area contributed by atoms with Gasteiger partial charge in [-0.3, -0.25) is 4.98 Å². The molecule has 18 heavy (non-hydrogen) atoms. The fraction of sp³-hybridized carbons (Fsp3) is 0.333. The number of halogens is 1. The van der Waals surface area contributed by atoms with Crippen LogP contribution in [0.2, 0.25) is 0 Å². The van der Waals surface area contributed by atoms with Gasteiger partial charge in [-0.25, -0.2) is 4.68 Å². The zero-order valence-electron chi connectivity index (χ0n) is 10.4. The molecule has 0 amide bonds. The van der Waals surface area contributed by atoms with Gasteiger partial charge in [0.1, 0.15) is 11.4 Å². The van der Waals surface area contributed by atoms with Crippen molar-refractivity contribution in [1.29, 1.82) is 0 Å². The Morgan fingerprint density at radius 3 is 2.89 bits per heavy atom. The summed E-state index contributed by atoms with van der Waals surface area (Å²) in [5, 5.41) is 4.35. The van der Waals surface area contributed by atoms with E-state index in [-0.39, 0.29) is 0 Å². The molecule has 0 saturated heterocycles. The molecule has 0 fully saturated rings. The number of nitrogens with two attached hydrogens (primary N) is 1. The van der Waals surface area contributed by atoms with Gasteiger partial charge in [0.2, 0.25) is 5.88 Å². The van der Waals surface area contributed by atoms with Crippen LogP contribution in [0.25, 0.3) is 0 Å². The van der Waals surface area contributed by atoms with Crippen LogP contribution in [-0.4, -0.2) is 14.8 Å². The molecule has 0 aliphatic carbocycles. The smallest absolute Gasteiger partial charge is 0.241 e. The van der Waals surface area contributed by atoms with Crippen LogP contribution < -0.4 is 10.5 Å². The summed E-state index contributed by atoms with van der Waals surface area (Å²) in [6.45, 7) is 2.09. The number of aromatic nitrogens is 3. The summed E-state index contributed by atoms with van der Waals surface area (Å²) in [6.07, 6.45) is 5.18. The van der Waals surface area contributed by atoms with Gasteiger partial charge >= 0.3 is 0 Å². The van der Waals surface area contributed by atoms with Gasteiger partial charge in [0.05, 0.1) is 11.9 Å². The van der Waals surface area contributed by atoms with Crippen molar-refractivity contribution in [2.24, 2.45) is 7.05 Å². The minimum Gasteiger partial charge on any atom is -0.436 e. The Morgan fingerprint density at radius 1 is 1.44 bits per heavy atom. The van der Waals surface area contributed by atoms with E-state index in [1.165, 1.54) is 0 Å². The number of anilines is 1. The highest BCUT2D eigenvalue weighted by atomic mass is 79.9. The van der Waals surface area contributed by atoms with Gasteiger partial charge < -0.3 is 10.5 Å². The summed E-state index contributed by atoms with van der Waals surface area (Å²) in [5.41, 5.74) is 7.51. The lowest BCUT2D eigenvalue weighted by atomic mass is 10.2. The molecular formula is C12H15BrN4O. The molecule has 6 heteroatoms. The molecule has 0 aliphatic heterocycles. The lowest BCUT2D eigenvalue weighted by molar-refractivity contribution is 0.430. The molecule has 0 aliphatic rings. The molecule has 2 N–H and O–H groups in total. The van der Waals surface area contributed by atoms with E-state index in [2.05, 4.69) is 32.9 Å². The number of rotatable bonds is 4. The van der Waals surface area contributed by atoms with Gasteiger partial charge in [0, 0.05) is 17.7 Å². The van der Waals surface area contributed by atoms with Crippen LogP contribution in [0.1, 0.15) is 19.0 Å². The van der Waals surface area contributed by atoms with Crippen molar-refractivity contribution in [1.82, 2.24) is 14.8 Å². The highest BCUT2D eigenvalue weighted by molar-refractivity contribution is 9.10. The van der Waals surface area contributed by atoms with Crippen molar-refractivity contribution in [2.75, 3.05) is 5.73 Å². The first kappa shape index (κ1) is 12.9. The summed E-state index contributed by atoms with van der Waals surface area (Å²) in [4.78, 5) is 4.04. The minimum absolute atomic E-state index is 0.554. The van der Waals surface area contributed by atoms with Gasteiger partial charge in [-0.15, -0.1) is 0 Å². The Morgan fingerprint density at radius 2 is 2.22 bits per heavy atom. The van der Waals surface area contributed by atoms with Crippen LogP contribution in [0.4, 0.5) is 5.69 Å². The molecule has 0 atom stereocenters. The molecule has 0 unspecified atom stereocenters. The largest absolute Gasteiger partial charge is 0.436 e. The van der Waals surface area contributed by atoms with Crippen molar-refractivity contribution >= 4 is 21.6 Å². The van der Waals surface area contributed by atoms with Crippen LogP contribution in [0.5, 0.6) is 11.6 Å². The number of aryl methyl sites for hydroxylation is 2. The third-order valence-corrected chi connectivity index (χ3v) is 2.92. The number of hydrogen-bond donors (Lipinski definition) is 1. The number of nitrogens with zero attached hydrogens (tertiary/aromatic N) is 3. The second kappa shape index (κ2) is 5.39. The van der Waals surface area contributed by atoms with Crippen LogP contribution >= 0.6 is 15.9 Å². The summed E-state index contributed by atoms with van der Waals surface area (Å²) in [7, 11) is 1.82. The Labute approximate surface area is 114 Å². The molecule has 2 heterocycles. The Kier molecular flexibility index (Phi) is 3.86. The van der Waals surface area contributed by atoms with E-state index in [1.54, 1.807) is 17.1 Å². The van der Waals surface area contributed by atoms with E-state index in [4.69, 9.17) is 10.5 Å². The Bertz CT molecular complexity index is 553. The lowest BCUT2D eigenvalue weighted by Gasteiger charge is -2.06. The van der Waals surface area contributed by atoms with Crippen molar-refractivity contribution < 1.29 is 4.74 Å². The van der Waals surface area contributed by atoms with E-state index >= 15 is 0 Å². The molecular weight excluding hydrogens is 296 g/mol. The first-order valence-corrected chi connectivity index (χ1v) is 6.51. The predicted molar refractivity (Wildman–Crippen MR) is 73.6 cm³/mol. The average molecular weight is 311 g/mol. The zero-order valence-corrected chi connectivity index (χ0v) is 11.9. The first-order chi connectivity index (χ1) is 8.61. The van der Waals surface area contributed by atoms with Crippen molar-refractivity contribution in [3.63, 3.8) is 0 Å². The third-order valence-electron chi connectivity index (χ3n) is 2.49. The Hall–Kier alpha value is -1.56. The molecule has 0 aromatic carbocycles. The van der Waals surface area contributed by atoms with Crippen molar-refractivity contribution in [3.8, 4) is 11.6 Å². The minimum atomic E-state index is 0.554. The maximum atomic E-state index is 6.04. The Balaban J connectivity index is 2.29. The molecule has 0 radical (unpaired) electrons. The van der Waals surface area contributed by atoms with Crippen molar-refractivity contribution in [3.05, 3.63) is 28.6 Å². The van der Waals surface area contributed by atoms with E-state index < -0.39 is 0 Å². The standard InChI is InChI=1S/C12H15BrN4O/c1-3-4-10-11(14)12(17(2)16-10)18-9-5-8(13)6-15-7-9/h5-7H,3-4,14H2,1-2H3. The quantitative estimate of drug-likeness (QED) is 0.943. The second-order valence-electron chi connectivity index (χ2n) is 3.98. The molecule has 0 spiro atoms. The van der Waals surface area contributed by atoms with Gasteiger partial charge in [0.15, 0.2) is 0 Å². The first-order valence-electron chi connectivity index (χ1n) is 5.71. The topological polar surface area (TPSA) is 66.0 Å². The molecule has 2 rings (SSSR count). The van der Waals surface area contributed by atoms with Gasteiger partial charge in [-0.2, -0.15) is 5.10 Å². The van der Waals surface area contributed by atoms with E-state index in [0.717, 1.165) is 23.0 Å². The fourth-order valence-electron chi connectivity index (χ4n) is 1.68.